The normalized spacial score (nSPS) is 17.7. The van der Waals surface area contributed by atoms with Crippen LogP contribution < -0.4 is 10.2 Å². The van der Waals surface area contributed by atoms with E-state index in [4.69, 9.17) is 9.47 Å². The van der Waals surface area contributed by atoms with Crippen LogP contribution in [0.3, 0.4) is 0 Å². The van der Waals surface area contributed by atoms with Crippen LogP contribution in [0, 0.1) is 0 Å². The van der Waals surface area contributed by atoms with E-state index in [0.29, 0.717) is 12.7 Å². The molecule has 2 saturated heterocycles. The highest BCUT2D eigenvalue weighted by Gasteiger charge is 2.19. The van der Waals surface area contributed by atoms with E-state index in [1.807, 2.05) is 7.05 Å². The van der Waals surface area contributed by atoms with Crippen molar-refractivity contribution >= 4 is 35.6 Å². The molecule has 0 atom stereocenters. The van der Waals surface area contributed by atoms with Gasteiger partial charge in [-0.05, 0) is 36.1 Å². The molecule has 0 saturated carbocycles. The van der Waals surface area contributed by atoms with E-state index in [1.54, 1.807) is 0 Å². The van der Waals surface area contributed by atoms with Crippen molar-refractivity contribution in [3.05, 3.63) is 65.7 Å². The average molecular weight is 550 g/mol. The first-order valence-corrected chi connectivity index (χ1v) is 11.3. The molecule has 0 radical (unpaired) electrons. The summed E-state index contributed by atoms with van der Waals surface area (Å²) in [5.74, 6) is 0.969. The van der Waals surface area contributed by atoms with Crippen LogP contribution in [0.4, 0.5) is 5.69 Å². The van der Waals surface area contributed by atoms with Crippen molar-refractivity contribution in [1.82, 2.24) is 10.2 Å². The third-order valence-corrected chi connectivity index (χ3v) is 6.01. The summed E-state index contributed by atoms with van der Waals surface area (Å²) in [6.07, 6.45) is 2.31. The number of para-hydroxylation sites is 1. The number of hydrogen-bond donors (Lipinski definition) is 1. The first-order chi connectivity index (χ1) is 15.3. The molecule has 0 aliphatic carbocycles. The number of hydrogen-bond acceptors (Lipinski definition) is 4. The molecule has 2 aromatic rings. The van der Waals surface area contributed by atoms with Crippen molar-refractivity contribution in [2.45, 2.75) is 32.1 Å². The molecule has 4 rings (SSSR count). The van der Waals surface area contributed by atoms with Gasteiger partial charge in [-0.2, -0.15) is 0 Å². The van der Waals surface area contributed by atoms with Crippen molar-refractivity contribution in [1.29, 1.82) is 0 Å². The second-order valence-electron chi connectivity index (χ2n) is 8.15. The quantitative estimate of drug-likeness (QED) is 0.336. The fraction of sp³-hybridized carbons (Fsp3) is 0.480. The Hall–Kier alpha value is -1.84. The number of guanidine groups is 1. The minimum absolute atomic E-state index is 0. The highest BCUT2D eigenvalue weighted by Crippen LogP contribution is 2.16. The second kappa shape index (κ2) is 13.0. The standard InChI is InChI=1S/C25H34N4O2.HI/c1-26-25(29-14-12-28(13-15-29)23-8-3-2-4-9-23)27-19-21-6-5-7-22(18-21)20-31-24-10-16-30-17-11-24;/h2-9,18,24H,10-17,19-20H2,1H3,(H,26,27);1H. The summed E-state index contributed by atoms with van der Waals surface area (Å²) in [5, 5.41) is 3.54. The number of nitrogens with zero attached hydrogens (tertiary/aromatic N) is 3. The van der Waals surface area contributed by atoms with Crippen LogP contribution in [0.5, 0.6) is 0 Å². The molecule has 2 fully saturated rings. The van der Waals surface area contributed by atoms with Gasteiger partial charge in [0, 0.05) is 58.7 Å². The Labute approximate surface area is 209 Å². The molecule has 0 aromatic heterocycles. The Morgan fingerprint density at radius 3 is 2.44 bits per heavy atom. The zero-order valence-corrected chi connectivity index (χ0v) is 21.2. The van der Waals surface area contributed by atoms with Crippen LogP contribution in [0.2, 0.25) is 0 Å². The van der Waals surface area contributed by atoms with Gasteiger partial charge in [-0.1, -0.05) is 42.5 Å². The first kappa shape index (κ1) is 24.8. The van der Waals surface area contributed by atoms with E-state index in [1.165, 1.54) is 16.8 Å². The highest BCUT2D eigenvalue weighted by atomic mass is 127. The number of ether oxygens (including phenoxy) is 2. The Kier molecular flexibility index (Phi) is 10.1. The molecular formula is C25H35IN4O2. The number of halogens is 1. The number of benzene rings is 2. The fourth-order valence-corrected chi connectivity index (χ4v) is 4.21. The minimum Gasteiger partial charge on any atom is -0.381 e. The largest absolute Gasteiger partial charge is 0.381 e. The van der Waals surface area contributed by atoms with Crippen LogP contribution in [0.25, 0.3) is 0 Å². The Balaban J connectivity index is 0.00000289. The molecule has 2 aromatic carbocycles. The summed E-state index contributed by atoms with van der Waals surface area (Å²) in [6.45, 7) is 6.99. The number of rotatable bonds is 6. The predicted octanol–water partition coefficient (Wildman–Crippen LogP) is 3.90. The molecule has 32 heavy (non-hydrogen) atoms. The average Bonchev–Trinajstić information content (AvgIpc) is 2.85. The second-order valence-corrected chi connectivity index (χ2v) is 8.15. The van der Waals surface area contributed by atoms with E-state index >= 15 is 0 Å². The van der Waals surface area contributed by atoms with Gasteiger partial charge in [-0.25, -0.2) is 0 Å². The van der Waals surface area contributed by atoms with Gasteiger partial charge in [-0.3, -0.25) is 4.99 Å². The molecular weight excluding hydrogens is 515 g/mol. The summed E-state index contributed by atoms with van der Waals surface area (Å²) in [4.78, 5) is 9.30. The van der Waals surface area contributed by atoms with Gasteiger partial charge in [0.25, 0.3) is 0 Å². The minimum atomic E-state index is 0. The Bertz CT molecular complexity index is 835. The van der Waals surface area contributed by atoms with Crippen LogP contribution in [-0.2, 0) is 22.6 Å². The molecule has 1 N–H and O–H groups in total. The molecule has 6 nitrogen and oxygen atoms in total. The maximum atomic E-state index is 6.08. The number of anilines is 1. The Morgan fingerprint density at radius 2 is 1.72 bits per heavy atom. The summed E-state index contributed by atoms with van der Waals surface area (Å²) < 4.78 is 11.5. The SMILES string of the molecule is CN=C(NCc1cccc(COC2CCOCC2)c1)N1CCN(c2ccccc2)CC1.I. The van der Waals surface area contributed by atoms with Gasteiger partial charge in [0.2, 0.25) is 0 Å². The number of aliphatic imine (C=N–C) groups is 1. The molecule has 0 bridgehead atoms. The third-order valence-electron chi connectivity index (χ3n) is 6.01. The molecule has 0 spiro atoms. The zero-order valence-electron chi connectivity index (χ0n) is 18.9. The van der Waals surface area contributed by atoms with Gasteiger partial charge in [0.05, 0.1) is 12.7 Å². The summed E-state index contributed by atoms with van der Waals surface area (Å²) in [6, 6.07) is 19.3. The predicted molar refractivity (Wildman–Crippen MR) is 141 cm³/mol. The van der Waals surface area contributed by atoms with Gasteiger partial charge in [-0.15, -0.1) is 24.0 Å². The lowest BCUT2D eigenvalue weighted by Gasteiger charge is -2.37. The molecule has 2 aliphatic heterocycles. The summed E-state index contributed by atoms with van der Waals surface area (Å²) in [7, 11) is 1.87. The fourth-order valence-electron chi connectivity index (χ4n) is 4.21. The van der Waals surface area contributed by atoms with Gasteiger partial charge in [0.1, 0.15) is 0 Å². The van der Waals surface area contributed by atoms with E-state index in [-0.39, 0.29) is 24.0 Å². The lowest BCUT2D eigenvalue weighted by Crippen LogP contribution is -2.52. The van der Waals surface area contributed by atoms with Gasteiger partial charge < -0.3 is 24.6 Å². The zero-order chi connectivity index (χ0) is 21.3. The Morgan fingerprint density at radius 1 is 1.00 bits per heavy atom. The third kappa shape index (κ3) is 7.08. The van der Waals surface area contributed by atoms with E-state index in [2.05, 4.69) is 74.7 Å². The first-order valence-electron chi connectivity index (χ1n) is 11.3. The van der Waals surface area contributed by atoms with Crippen LogP contribution in [-0.4, -0.2) is 63.4 Å². The monoisotopic (exact) mass is 550 g/mol. The molecule has 174 valence electrons. The van der Waals surface area contributed by atoms with E-state index < -0.39 is 0 Å². The maximum absolute atomic E-state index is 6.08. The lowest BCUT2D eigenvalue weighted by atomic mass is 10.1. The summed E-state index contributed by atoms with van der Waals surface area (Å²) >= 11 is 0. The summed E-state index contributed by atoms with van der Waals surface area (Å²) in [5.41, 5.74) is 3.76. The maximum Gasteiger partial charge on any atom is 0.194 e. The number of piperazine rings is 1. The van der Waals surface area contributed by atoms with Gasteiger partial charge >= 0.3 is 0 Å². The van der Waals surface area contributed by atoms with E-state index in [9.17, 15) is 0 Å². The smallest absolute Gasteiger partial charge is 0.194 e. The van der Waals surface area contributed by atoms with Crippen molar-refractivity contribution in [3.63, 3.8) is 0 Å². The topological polar surface area (TPSA) is 49.3 Å². The molecule has 7 heteroatoms. The highest BCUT2D eigenvalue weighted by molar-refractivity contribution is 14.0. The van der Waals surface area contributed by atoms with Crippen LogP contribution in [0.15, 0.2) is 59.6 Å². The number of nitrogens with one attached hydrogen (secondary N) is 1. The van der Waals surface area contributed by atoms with Crippen molar-refractivity contribution < 1.29 is 9.47 Å². The van der Waals surface area contributed by atoms with Crippen molar-refractivity contribution in [3.8, 4) is 0 Å². The van der Waals surface area contributed by atoms with Crippen molar-refractivity contribution in [2.75, 3.05) is 51.3 Å². The van der Waals surface area contributed by atoms with Crippen LogP contribution >= 0.6 is 24.0 Å². The van der Waals surface area contributed by atoms with Crippen molar-refractivity contribution in [2.24, 2.45) is 4.99 Å². The molecule has 2 aliphatic rings. The lowest BCUT2D eigenvalue weighted by molar-refractivity contribution is -0.0390. The van der Waals surface area contributed by atoms with Crippen LogP contribution in [0.1, 0.15) is 24.0 Å². The molecule has 0 unspecified atom stereocenters. The van der Waals surface area contributed by atoms with Gasteiger partial charge in [0.15, 0.2) is 5.96 Å². The molecule has 0 amide bonds. The van der Waals surface area contributed by atoms with E-state index in [0.717, 1.165) is 64.7 Å². The molecule has 2 heterocycles.